The smallest absolute Gasteiger partial charge is 0.274 e. The zero-order valence-corrected chi connectivity index (χ0v) is 16.5. The van der Waals surface area contributed by atoms with Gasteiger partial charge in [0.05, 0.1) is 10.7 Å². The van der Waals surface area contributed by atoms with E-state index >= 15 is 0 Å². The van der Waals surface area contributed by atoms with Crippen molar-refractivity contribution in [3.8, 4) is 5.69 Å². The summed E-state index contributed by atoms with van der Waals surface area (Å²) in [6, 6.07) is 18.5. The molecular weight excluding hydrogens is 388 g/mol. The van der Waals surface area contributed by atoms with E-state index in [1.165, 1.54) is 0 Å². The summed E-state index contributed by atoms with van der Waals surface area (Å²) >= 11 is 6.21. The maximum atomic E-state index is 12.8. The van der Waals surface area contributed by atoms with Gasteiger partial charge in [-0.05, 0) is 43.2 Å². The number of carbonyl (C=O) groups is 2. The highest BCUT2D eigenvalue weighted by Crippen LogP contribution is 2.22. The molecule has 1 saturated heterocycles. The minimum absolute atomic E-state index is 0.00583. The quantitative estimate of drug-likeness (QED) is 0.709. The lowest BCUT2D eigenvalue weighted by atomic mass is 9.95. The topological polar surface area (TPSA) is 67.2 Å². The second kappa shape index (κ2) is 8.49. The van der Waals surface area contributed by atoms with Gasteiger partial charge in [-0.3, -0.25) is 9.59 Å². The second-order valence-electron chi connectivity index (χ2n) is 7.02. The largest absolute Gasteiger partial charge is 0.337 e. The van der Waals surface area contributed by atoms with Gasteiger partial charge in [0.25, 0.3) is 5.91 Å². The Balaban J connectivity index is 1.36. The van der Waals surface area contributed by atoms with Crippen molar-refractivity contribution in [1.82, 2.24) is 14.7 Å². The molecule has 0 aliphatic carbocycles. The maximum Gasteiger partial charge on any atom is 0.274 e. The van der Waals surface area contributed by atoms with Gasteiger partial charge in [-0.1, -0.05) is 41.9 Å². The van der Waals surface area contributed by atoms with E-state index in [0.717, 1.165) is 11.4 Å². The van der Waals surface area contributed by atoms with Crippen LogP contribution in [0.4, 0.5) is 5.69 Å². The third-order valence-corrected chi connectivity index (χ3v) is 5.42. The normalized spacial score (nSPS) is 14.6. The average molecular weight is 409 g/mol. The van der Waals surface area contributed by atoms with Gasteiger partial charge in [-0.15, -0.1) is 0 Å². The minimum Gasteiger partial charge on any atom is -0.337 e. The Bertz CT molecular complexity index is 1010. The highest BCUT2D eigenvalue weighted by atomic mass is 35.5. The van der Waals surface area contributed by atoms with Crippen molar-refractivity contribution in [2.24, 2.45) is 5.92 Å². The molecule has 29 heavy (non-hydrogen) atoms. The van der Waals surface area contributed by atoms with Gasteiger partial charge < -0.3 is 10.2 Å². The first-order valence-electron chi connectivity index (χ1n) is 9.57. The van der Waals surface area contributed by atoms with Gasteiger partial charge in [-0.2, -0.15) is 5.10 Å². The molecule has 1 aliphatic rings. The predicted molar refractivity (Wildman–Crippen MR) is 112 cm³/mol. The number of anilines is 1. The average Bonchev–Trinajstić information content (AvgIpc) is 3.24. The molecule has 148 valence electrons. The standard InChI is InChI=1S/C22H21ClN4O2/c23-18-8-4-5-9-20(18)27-15-12-19(25-27)22(29)26-13-10-16(11-14-26)21(28)24-17-6-2-1-3-7-17/h1-9,12,15-16H,10-11,13-14H2,(H,24,28). The molecular formula is C22H21ClN4O2. The summed E-state index contributed by atoms with van der Waals surface area (Å²) in [4.78, 5) is 27.0. The molecule has 1 aromatic heterocycles. The number of amides is 2. The number of piperidine rings is 1. The number of para-hydroxylation sites is 2. The molecule has 6 nitrogen and oxygen atoms in total. The molecule has 1 aliphatic heterocycles. The summed E-state index contributed by atoms with van der Waals surface area (Å²) in [6.07, 6.45) is 3.00. The van der Waals surface area contributed by atoms with Crippen molar-refractivity contribution in [3.05, 3.63) is 77.6 Å². The molecule has 1 N–H and O–H groups in total. The third-order valence-electron chi connectivity index (χ3n) is 5.10. The lowest BCUT2D eigenvalue weighted by molar-refractivity contribution is -0.121. The van der Waals surface area contributed by atoms with Gasteiger partial charge in [0.1, 0.15) is 0 Å². The fourth-order valence-corrected chi connectivity index (χ4v) is 3.70. The first kappa shape index (κ1) is 19.2. The van der Waals surface area contributed by atoms with Gasteiger partial charge in [0.2, 0.25) is 5.91 Å². The second-order valence-corrected chi connectivity index (χ2v) is 7.43. The summed E-state index contributed by atoms with van der Waals surface area (Å²) in [6.45, 7) is 1.06. The van der Waals surface area contributed by atoms with Crippen molar-refractivity contribution in [2.45, 2.75) is 12.8 Å². The third kappa shape index (κ3) is 4.32. The Morgan fingerprint density at radius 1 is 0.966 bits per heavy atom. The number of likely N-dealkylation sites (tertiary alicyclic amines) is 1. The Morgan fingerprint density at radius 2 is 1.66 bits per heavy atom. The highest BCUT2D eigenvalue weighted by Gasteiger charge is 2.28. The number of carbonyl (C=O) groups excluding carboxylic acids is 2. The first-order chi connectivity index (χ1) is 14.1. The number of hydrogen-bond acceptors (Lipinski definition) is 3. The number of benzene rings is 2. The fraction of sp³-hybridized carbons (Fsp3) is 0.227. The molecule has 0 bridgehead atoms. The van der Waals surface area contributed by atoms with Crippen LogP contribution >= 0.6 is 11.6 Å². The van der Waals surface area contributed by atoms with Crippen LogP contribution in [0.5, 0.6) is 0 Å². The van der Waals surface area contributed by atoms with E-state index in [2.05, 4.69) is 10.4 Å². The SMILES string of the molecule is O=C(Nc1ccccc1)C1CCN(C(=O)c2ccn(-c3ccccc3Cl)n2)CC1. The number of halogens is 1. The maximum absolute atomic E-state index is 12.8. The zero-order chi connectivity index (χ0) is 20.2. The summed E-state index contributed by atoms with van der Waals surface area (Å²) in [5, 5.41) is 7.90. The predicted octanol–water partition coefficient (Wildman–Crippen LogP) is 4.02. The summed E-state index contributed by atoms with van der Waals surface area (Å²) in [5.41, 5.74) is 1.89. The van der Waals surface area contributed by atoms with Crippen LogP contribution in [0, 0.1) is 5.92 Å². The lowest BCUT2D eigenvalue weighted by Crippen LogP contribution is -2.41. The molecule has 2 aromatic carbocycles. The molecule has 1 fully saturated rings. The molecule has 2 amide bonds. The van der Waals surface area contributed by atoms with E-state index < -0.39 is 0 Å². The molecule has 0 spiro atoms. The first-order valence-corrected chi connectivity index (χ1v) is 9.95. The molecule has 4 rings (SSSR count). The van der Waals surface area contributed by atoms with Crippen LogP contribution in [0.2, 0.25) is 5.02 Å². The van der Waals surface area contributed by atoms with Crippen LogP contribution in [-0.4, -0.2) is 39.6 Å². The van der Waals surface area contributed by atoms with E-state index in [1.807, 2.05) is 48.5 Å². The van der Waals surface area contributed by atoms with Crippen LogP contribution in [0.1, 0.15) is 23.3 Å². The summed E-state index contributed by atoms with van der Waals surface area (Å²) < 4.78 is 1.61. The molecule has 0 unspecified atom stereocenters. The van der Waals surface area contributed by atoms with E-state index in [4.69, 9.17) is 11.6 Å². The Morgan fingerprint density at radius 3 is 2.38 bits per heavy atom. The number of nitrogens with zero attached hydrogens (tertiary/aromatic N) is 3. The van der Waals surface area contributed by atoms with E-state index in [-0.39, 0.29) is 17.7 Å². The number of hydrogen-bond donors (Lipinski definition) is 1. The molecule has 0 saturated carbocycles. The zero-order valence-electron chi connectivity index (χ0n) is 15.8. The summed E-state index contributed by atoms with van der Waals surface area (Å²) in [7, 11) is 0. The van der Waals surface area contributed by atoms with Crippen LogP contribution in [0.15, 0.2) is 66.9 Å². The summed E-state index contributed by atoms with van der Waals surface area (Å²) in [5.74, 6) is -0.219. The van der Waals surface area contributed by atoms with Crippen LogP contribution < -0.4 is 5.32 Å². The number of aromatic nitrogens is 2. The molecule has 0 atom stereocenters. The highest BCUT2D eigenvalue weighted by molar-refractivity contribution is 6.32. The Hall–Kier alpha value is -3.12. The fourth-order valence-electron chi connectivity index (χ4n) is 3.48. The number of rotatable bonds is 4. The number of nitrogens with one attached hydrogen (secondary N) is 1. The monoisotopic (exact) mass is 408 g/mol. The van der Waals surface area contributed by atoms with Crippen molar-refractivity contribution >= 4 is 29.1 Å². The van der Waals surface area contributed by atoms with E-state index in [0.29, 0.717) is 36.6 Å². The Kier molecular flexibility index (Phi) is 5.62. The molecule has 3 aromatic rings. The minimum atomic E-state index is -0.127. The van der Waals surface area contributed by atoms with E-state index in [1.54, 1.807) is 27.9 Å². The van der Waals surface area contributed by atoms with Gasteiger partial charge in [-0.25, -0.2) is 4.68 Å². The lowest BCUT2D eigenvalue weighted by Gasteiger charge is -2.30. The molecule has 2 heterocycles. The van der Waals surface area contributed by atoms with Gasteiger partial charge >= 0.3 is 0 Å². The molecule has 7 heteroatoms. The Labute approximate surface area is 174 Å². The molecule has 0 radical (unpaired) electrons. The van der Waals surface area contributed by atoms with E-state index in [9.17, 15) is 9.59 Å². The van der Waals surface area contributed by atoms with Crippen molar-refractivity contribution < 1.29 is 9.59 Å². The van der Waals surface area contributed by atoms with Gasteiger partial charge in [0, 0.05) is 30.9 Å². The van der Waals surface area contributed by atoms with Crippen molar-refractivity contribution in [3.63, 3.8) is 0 Å². The van der Waals surface area contributed by atoms with Gasteiger partial charge in [0.15, 0.2) is 5.69 Å². The van der Waals surface area contributed by atoms with Crippen molar-refractivity contribution in [2.75, 3.05) is 18.4 Å². The van der Waals surface area contributed by atoms with Crippen molar-refractivity contribution in [1.29, 1.82) is 0 Å². The van der Waals surface area contributed by atoms with Crippen LogP contribution in [0.3, 0.4) is 0 Å². The van der Waals surface area contributed by atoms with Crippen LogP contribution in [0.25, 0.3) is 5.69 Å². The van der Waals surface area contributed by atoms with Crippen LogP contribution in [-0.2, 0) is 4.79 Å².